The number of nitrogens with one attached hydrogen (secondary N) is 1. The predicted molar refractivity (Wildman–Crippen MR) is 69.7 cm³/mol. The van der Waals surface area contributed by atoms with Crippen LogP contribution in [0, 0.1) is 0 Å². The molecule has 0 radical (unpaired) electrons. The zero-order chi connectivity index (χ0) is 13.3. The van der Waals surface area contributed by atoms with Crippen molar-refractivity contribution in [2.75, 3.05) is 18.1 Å². The molecule has 100 valence electrons. The van der Waals surface area contributed by atoms with Gasteiger partial charge in [0.15, 0.2) is 0 Å². The molecule has 0 heterocycles. The van der Waals surface area contributed by atoms with Gasteiger partial charge in [-0.05, 0) is 13.3 Å². The van der Waals surface area contributed by atoms with Crippen molar-refractivity contribution in [3.05, 3.63) is 0 Å². The van der Waals surface area contributed by atoms with Crippen molar-refractivity contribution >= 4 is 23.6 Å². The van der Waals surface area contributed by atoms with Crippen LogP contribution in [-0.4, -0.2) is 40.6 Å². The average Bonchev–Trinajstić information content (AvgIpc) is 2.21. The maximum Gasteiger partial charge on any atom is 0.227 e. The summed E-state index contributed by atoms with van der Waals surface area (Å²) >= 11 is 1.34. The third-order valence-electron chi connectivity index (χ3n) is 2.17. The molecule has 0 aliphatic carbocycles. The Balaban J connectivity index is 3.62. The van der Waals surface area contributed by atoms with Crippen LogP contribution in [0.15, 0.2) is 0 Å². The SMILES string of the molecule is CCCC(C)(O)CNC(=O)CCSCC(N)=O. The monoisotopic (exact) mass is 262 g/mol. The molecule has 0 aromatic carbocycles. The van der Waals surface area contributed by atoms with Crippen LogP contribution in [0.25, 0.3) is 0 Å². The quantitative estimate of drug-likeness (QED) is 0.520. The van der Waals surface area contributed by atoms with E-state index in [1.807, 2.05) is 6.92 Å². The second-order valence-corrected chi connectivity index (χ2v) is 5.40. The second-order valence-electron chi connectivity index (χ2n) is 4.29. The maximum atomic E-state index is 11.4. The number of rotatable bonds is 9. The Morgan fingerprint density at radius 2 is 2.12 bits per heavy atom. The van der Waals surface area contributed by atoms with Crippen LogP contribution in [0.3, 0.4) is 0 Å². The summed E-state index contributed by atoms with van der Waals surface area (Å²) in [5, 5.41) is 12.5. The van der Waals surface area contributed by atoms with Gasteiger partial charge in [0.05, 0.1) is 11.4 Å². The third kappa shape index (κ3) is 10.1. The zero-order valence-corrected chi connectivity index (χ0v) is 11.3. The lowest BCUT2D eigenvalue weighted by Gasteiger charge is -2.22. The van der Waals surface area contributed by atoms with Crippen molar-refractivity contribution in [2.45, 2.75) is 38.7 Å². The molecule has 0 bridgehead atoms. The minimum Gasteiger partial charge on any atom is -0.388 e. The van der Waals surface area contributed by atoms with E-state index in [4.69, 9.17) is 5.73 Å². The van der Waals surface area contributed by atoms with E-state index in [0.29, 0.717) is 18.6 Å². The van der Waals surface area contributed by atoms with Crippen molar-refractivity contribution in [1.29, 1.82) is 0 Å². The van der Waals surface area contributed by atoms with Crippen LogP contribution in [-0.2, 0) is 9.59 Å². The van der Waals surface area contributed by atoms with E-state index in [1.165, 1.54) is 11.8 Å². The Labute approximate surface area is 107 Å². The third-order valence-corrected chi connectivity index (χ3v) is 3.15. The van der Waals surface area contributed by atoms with Crippen molar-refractivity contribution in [1.82, 2.24) is 5.32 Å². The van der Waals surface area contributed by atoms with Crippen molar-refractivity contribution < 1.29 is 14.7 Å². The van der Waals surface area contributed by atoms with Gasteiger partial charge in [-0.25, -0.2) is 0 Å². The van der Waals surface area contributed by atoms with Gasteiger partial charge in [0.2, 0.25) is 11.8 Å². The first-order chi connectivity index (χ1) is 7.87. The number of primary amides is 1. The summed E-state index contributed by atoms with van der Waals surface area (Å²) in [6.07, 6.45) is 1.86. The van der Waals surface area contributed by atoms with E-state index in [-0.39, 0.29) is 24.1 Å². The minimum absolute atomic E-state index is 0.113. The number of carbonyl (C=O) groups excluding carboxylic acids is 2. The molecule has 17 heavy (non-hydrogen) atoms. The Morgan fingerprint density at radius 1 is 1.47 bits per heavy atom. The van der Waals surface area contributed by atoms with Gasteiger partial charge in [-0.1, -0.05) is 13.3 Å². The molecule has 4 N–H and O–H groups in total. The summed E-state index contributed by atoms with van der Waals surface area (Å²) in [6, 6.07) is 0. The lowest BCUT2D eigenvalue weighted by Crippen LogP contribution is -2.40. The molecule has 0 aliphatic rings. The number of carbonyl (C=O) groups is 2. The Hall–Kier alpha value is -0.750. The number of hydrogen-bond donors (Lipinski definition) is 3. The molecule has 0 spiro atoms. The molecule has 0 aromatic heterocycles. The van der Waals surface area contributed by atoms with Crippen LogP contribution in [0.4, 0.5) is 0 Å². The summed E-state index contributed by atoms with van der Waals surface area (Å²) < 4.78 is 0. The van der Waals surface area contributed by atoms with Crippen LogP contribution in [0.2, 0.25) is 0 Å². The van der Waals surface area contributed by atoms with Crippen LogP contribution in [0.5, 0.6) is 0 Å². The van der Waals surface area contributed by atoms with Crippen molar-refractivity contribution in [3.8, 4) is 0 Å². The fourth-order valence-electron chi connectivity index (χ4n) is 1.34. The molecule has 2 amide bonds. The molecule has 0 rings (SSSR count). The summed E-state index contributed by atoms with van der Waals surface area (Å²) in [6.45, 7) is 3.95. The highest BCUT2D eigenvalue weighted by Gasteiger charge is 2.19. The molecule has 1 atom stereocenters. The van der Waals surface area contributed by atoms with Crippen LogP contribution >= 0.6 is 11.8 Å². The molecule has 0 aliphatic heterocycles. The van der Waals surface area contributed by atoms with Gasteiger partial charge >= 0.3 is 0 Å². The van der Waals surface area contributed by atoms with E-state index >= 15 is 0 Å². The molecule has 0 aromatic rings. The number of hydrogen-bond acceptors (Lipinski definition) is 4. The zero-order valence-electron chi connectivity index (χ0n) is 10.5. The number of amides is 2. The van der Waals surface area contributed by atoms with E-state index < -0.39 is 5.60 Å². The van der Waals surface area contributed by atoms with E-state index in [1.54, 1.807) is 6.92 Å². The van der Waals surface area contributed by atoms with Gasteiger partial charge in [-0.3, -0.25) is 9.59 Å². The highest BCUT2D eigenvalue weighted by atomic mass is 32.2. The molecule has 0 fully saturated rings. The molecule has 6 heteroatoms. The predicted octanol–water partition coefficient (Wildman–Crippen LogP) is 0.262. The van der Waals surface area contributed by atoms with Gasteiger partial charge in [-0.15, -0.1) is 0 Å². The minimum atomic E-state index is -0.842. The van der Waals surface area contributed by atoms with Gasteiger partial charge in [0, 0.05) is 18.7 Å². The van der Waals surface area contributed by atoms with Gasteiger partial charge < -0.3 is 16.2 Å². The largest absolute Gasteiger partial charge is 0.388 e. The number of nitrogens with two attached hydrogens (primary N) is 1. The normalized spacial score (nSPS) is 14.1. The summed E-state index contributed by atoms with van der Waals surface area (Å²) in [5.41, 5.74) is 4.12. The Kier molecular flexibility index (Phi) is 7.99. The maximum absolute atomic E-state index is 11.4. The number of aliphatic hydroxyl groups is 1. The number of thioether (sulfide) groups is 1. The van der Waals surface area contributed by atoms with Gasteiger partial charge in [-0.2, -0.15) is 11.8 Å². The first kappa shape index (κ1) is 16.2. The van der Waals surface area contributed by atoms with Gasteiger partial charge in [0.1, 0.15) is 0 Å². The molecule has 0 saturated carbocycles. The van der Waals surface area contributed by atoms with Crippen LogP contribution in [0.1, 0.15) is 33.1 Å². The van der Waals surface area contributed by atoms with Gasteiger partial charge in [0.25, 0.3) is 0 Å². The Bertz CT molecular complexity index is 257. The lowest BCUT2D eigenvalue weighted by atomic mass is 10.0. The first-order valence-corrected chi connectivity index (χ1v) is 6.88. The molecule has 0 saturated heterocycles. The van der Waals surface area contributed by atoms with E-state index in [9.17, 15) is 14.7 Å². The molecule has 5 nitrogen and oxygen atoms in total. The standard InChI is InChI=1S/C11H22N2O3S/c1-3-5-11(2,16)8-13-10(15)4-6-17-7-9(12)14/h16H,3-8H2,1-2H3,(H2,12,14)(H,13,15). The van der Waals surface area contributed by atoms with E-state index in [2.05, 4.69) is 5.32 Å². The Morgan fingerprint density at radius 3 is 2.65 bits per heavy atom. The summed E-state index contributed by atoms with van der Waals surface area (Å²) in [4.78, 5) is 21.8. The highest BCUT2D eigenvalue weighted by molar-refractivity contribution is 7.99. The van der Waals surface area contributed by atoms with Crippen molar-refractivity contribution in [3.63, 3.8) is 0 Å². The average molecular weight is 262 g/mol. The van der Waals surface area contributed by atoms with Crippen LogP contribution < -0.4 is 11.1 Å². The lowest BCUT2D eigenvalue weighted by molar-refractivity contribution is -0.122. The second kappa shape index (κ2) is 8.36. The highest BCUT2D eigenvalue weighted by Crippen LogP contribution is 2.10. The fourth-order valence-corrected chi connectivity index (χ4v) is 2.02. The fraction of sp³-hybridized carbons (Fsp3) is 0.818. The van der Waals surface area contributed by atoms with E-state index in [0.717, 1.165) is 6.42 Å². The molecule has 1 unspecified atom stereocenters. The summed E-state index contributed by atoms with van der Waals surface area (Å²) in [7, 11) is 0. The topological polar surface area (TPSA) is 92.4 Å². The first-order valence-electron chi connectivity index (χ1n) is 5.72. The molecular formula is C11H22N2O3S. The smallest absolute Gasteiger partial charge is 0.227 e. The summed E-state index contributed by atoms with van der Waals surface area (Å²) in [5.74, 6) is 0.311. The molecular weight excluding hydrogens is 240 g/mol. The van der Waals surface area contributed by atoms with Crippen molar-refractivity contribution in [2.24, 2.45) is 5.73 Å².